The van der Waals surface area contributed by atoms with Crippen molar-refractivity contribution in [3.05, 3.63) is 23.3 Å². The van der Waals surface area contributed by atoms with Crippen molar-refractivity contribution in [2.45, 2.75) is 32.6 Å². The lowest BCUT2D eigenvalue weighted by Gasteiger charge is -2.36. The van der Waals surface area contributed by atoms with E-state index in [1.54, 1.807) is 35.6 Å². The van der Waals surface area contributed by atoms with E-state index in [4.69, 9.17) is 9.47 Å². The Bertz CT molecular complexity index is 802. The lowest BCUT2D eigenvalue weighted by Crippen LogP contribution is -2.54. The molecule has 2 aliphatic heterocycles. The van der Waals surface area contributed by atoms with Crippen molar-refractivity contribution in [2.75, 3.05) is 53.5 Å². The predicted molar refractivity (Wildman–Crippen MR) is 111 cm³/mol. The Labute approximate surface area is 173 Å². The molecule has 3 rings (SSSR count). The van der Waals surface area contributed by atoms with Crippen LogP contribution in [0.15, 0.2) is 12.1 Å². The minimum Gasteiger partial charge on any atom is -0.496 e. The van der Waals surface area contributed by atoms with Gasteiger partial charge in [0, 0.05) is 50.4 Å². The number of amides is 1. The fourth-order valence-electron chi connectivity index (χ4n) is 3.95. The van der Waals surface area contributed by atoms with E-state index in [9.17, 15) is 13.2 Å². The molecule has 9 heteroatoms. The van der Waals surface area contributed by atoms with Gasteiger partial charge < -0.3 is 14.4 Å². The van der Waals surface area contributed by atoms with Crippen LogP contribution in [0.3, 0.4) is 0 Å². The average molecular weight is 426 g/mol. The summed E-state index contributed by atoms with van der Waals surface area (Å²) in [6, 6.07) is 3.42. The van der Waals surface area contributed by atoms with Gasteiger partial charge in [0.25, 0.3) is 16.1 Å². The Kier molecular flexibility index (Phi) is 7.02. The Hall–Kier alpha value is -1.84. The maximum atomic E-state index is 13.0. The fourth-order valence-corrected chi connectivity index (χ4v) is 5.62. The third-order valence-electron chi connectivity index (χ3n) is 5.74. The van der Waals surface area contributed by atoms with E-state index in [-0.39, 0.29) is 5.91 Å². The van der Waals surface area contributed by atoms with Crippen molar-refractivity contribution in [3.8, 4) is 11.5 Å². The summed E-state index contributed by atoms with van der Waals surface area (Å²) >= 11 is 0. The van der Waals surface area contributed by atoms with Crippen LogP contribution in [0.25, 0.3) is 0 Å². The zero-order valence-corrected chi connectivity index (χ0v) is 18.3. The number of hydrogen-bond donors (Lipinski definition) is 0. The molecule has 1 amide bonds. The van der Waals surface area contributed by atoms with Crippen molar-refractivity contribution in [3.63, 3.8) is 0 Å². The molecule has 0 radical (unpaired) electrons. The maximum Gasteiger partial charge on any atom is 0.282 e. The summed E-state index contributed by atoms with van der Waals surface area (Å²) in [6.07, 6.45) is 3.99. The first-order valence-electron chi connectivity index (χ1n) is 10.2. The summed E-state index contributed by atoms with van der Waals surface area (Å²) in [5, 5.41) is 0. The predicted octanol–water partition coefficient (Wildman–Crippen LogP) is 1.89. The van der Waals surface area contributed by atoms with E-state index in [1.807, 2.05) is 6.92 Å². The highest BCUT2D eigenvalue weighted by Crippen LogP contribution is 2.30. The number of benzene rings is 1. The van der Waals surface area contributed by atoms with Gasteiger partial charge in [0.05, 0.1) is 14.2 Å². The van der Waals surface area contributed by atoms with Gasteiger partial charge in [0.15, 0.2) is 0 Å². The van der Waals surface area contributed by atoms with E-state index in [1.165, 1.54) is 4.31 Å². The summed E-state index contributed by atoms with van der Waals surface area (Å²) in [4.78, 5) is 14.7. The Balaban J connectivity index is 1.68. The van der Waals surface area contributed by atoms with Crippen LogP contribution >= 0.6 is 0 Å². The molecule has 0 atom stereocenters. The second-order valence-electron chi connectivity index (χ2n) is 7.52. The highest BCUT2D eigenvalue weighted by atomic mass is 32.2. The van der Waals surface area contributed by atoms with Gasteiger partial charge in [-0.2, -0.15) is 17.0 Å². The molecular weight excluding hydrogens is 394 g/mol. The summed E-state index contributed by atoms with van der Waals surface area (Å²) in [5.74, 6) is 1.04. The highest BCUT2D eigenvalue weighted by molar-refractivity contribution is 7.86. The molecule has 0 spiro atoms. The van der Waals surface area contributed by atoms with E-state index in [0.717, 1.165) is 31.2 Å². The second-order valence-corrected chi connectivity index (χ2v) is 9.45. The second kappa shape index (κ2) is 9.32. The molecule has 1 aromatic rings. The molecule has 29 heavy (non-hydrogen) atoms. The Morgan fingerprint density at radius 2 is 1.31 bits per heavy atom. The van der Waals surface area contributed by atoms with Gasteiger partial charge in [0.2, 0.25) is 0 Å². The quantitative estimate of drug-likeness (QED) is 0.720. The number of methoxy groups -OCH3 is 2. The molecule has 8 nitrogen and oxygen atoms in total. The average Bonchev–Trinajstić information content (AvgIpc) is 3.03. The summed E-state index contributed by atoms with van der Waals surface area (Å²) in [5.41, 5.74) is 1.31. The number of nitrogens with zero attached hydrogens (tertiary/aromatic N) is 3. The molecule has 162 valence electrons. The van der Waals surface area contributed by atoms with Crippen molar-refractivity contribution in [2.24, 2.45) is 0 Å². The summed E-state index contributed by atoms with van der Waals surface area (Å²) < 4.78 is 39.8. The molecule has 2 fully saturated rings. The van der Waals surface area contributed by atoms with Crippen LogP contribution in [0.1, 0.15) is 41.6 Å². The van der Waals surface area contributed by atoms with Gasteiger partial charge in [0.1, 0.15) is 11.5 Å². The zero-order valence-electron chi connectivity index (χ0n) is 17.5. The fraction of sp³-hybridized carbons (Fsp3) is 0.650. The standard InChI is InChI=1S/C20H31N3O5S/c1-16-18(27-2)14-17(15-19(16)28-3)20(24)21-10-12-23(13-11-21)29(25,26)22-8-6-4-5-7-9-22/h14-15H,4-13H2,1-3H3. The summed E-state index contributed by atoms with van der Waals surface area (Å²) in [6.45, 7) is 4.40. The third kappa shape index (κ3) is 4.67. The maximum absolute atomic E-state index is 13.0. The molecular formula is C20H31N3O5S. The van der Waals surface area contributed by atoms with Crippen molar-refractivity contribution < 1.29 is 22.7 Å². The van der Waals surface area contributed by atoms with Crippen LogP contribution in [0.5, 0.6) is 11.5 Å². The smallest absolute Gasteiger partial charge is 0.282 e. The first-order valence-corrected chi connectivity index (χ1v) is 11.5. The van der Waals surface area contributed by atoms with Crippen LogP contribution in [-0.2, 0) is 10.2 Å². The first kappa shape index (κ1) is 21.9. The minimum absolute atomic E-state index is 0.145. The van der Waals surface area contributed by atoms with Crippen LogP contribution in [-0.4, -0.2) is 81.3 Å². The van der Waals surface area contributed by atoms with Crippen LogP contribution in [0, 0.1) is 6.92 Å². The van der Waals surface area contributed by atoms with Crippen molar-refractivity contribution in [1.29, 1.82) is 0 Å². The van der Waals surface area contributed by atoms with E-state index >= 15 is 0 Å². The Morgan fingerprint density at radius 3 is 1.79 bits per heavy atom. The Morgan fingerprint density at radius 1 is 0.828 bits per heavy atom. The van der Waals surface area contributed by atoms with Gasteiger partial charge in [-0.05, 0) is 31.9 Å². The van der Waals surface area contributed by atoms with Crippen molar-refractivity contribution in [1.82, 2.24) is 13.5 Å². The van der Waals surface area contributed by atoms with Gasteiger partial charge >= 0.3 is 0 Å². The van der Waals surface area contributed by atoms with Crippen LogP contribution in [0.4, 0.5) is 0 Å². The molecule has 0 aliphatic carbocycles. The molecule has 0 saturated carbocycles. The number of rotatable bonds is 5. The minimum atomic E-state index is -3.46. The largest absolute Gasteiger partial charge is 0.496 e. The normalized spacial score (nSPS) is 19.6. The number of ether oxygens (including phenoxy) is 2. The number of piperazine rings is 1. The van der Waals surface area contributed by atoms with Gasteiger partial charge in [-0.1, -0.05) is 12.8 Å². The molecule has 0 N–H and O–H groups in total. The van der Waals surface area contributed by atoms with Gasteiger partial charge in [-0.25, -0.2) is 0 Å². The third-order valence-corrected chi connectivity index (χ3v) is 7.78. The summed E-state index contributed by atoms with van der Waals surface area (Å²) in [7, 11) is -0.344. The van der Waals surface area contributed by atoms with E-state index in [0.29, 0.717) is 56.3 Å². The molecule has 1 aromatic carbocycles. The zero-order chi connectivity index (χ0) is 21.0. The SMILES string of the molecule is COc1cc(C(=O)N2CCN(S(=O)(=O)N3CCCCCC3)CC2)cc(OC)c1C. The topological polar surface area (TPSA) is 79.4 Å². The molecule has 0 aromatic heterocycles. The number of hydrogen-bond acceptors (Lipinski definition) is 5. The van der Waals surface area contributed by atoms with E-state index < -0.39 is 10.2 Å². The molecule has 2 saturated heterocycles. The number of carbonyl (C=O) groups excluding carboxylic acids is 1. The first-order chi connectivity index (χ1) is 13.9. The highest BCUT2D eigenvalue weighted by Gasteiger charge is 2.34. The van der Waals surface area contributed by atoms with Crippen LogP contribution in [0.2, 0.25) is 0 Å². The van der Waals surface area contributed by atoms with Crippen LogP contribution < -0.4 is 9.47 Å². The number of carbonyl (C=O) groups is 1. The monoisotopic (exact) mass is 425 g/mol. The van der Waals surface area contributed by atoms with Crippen molar-refractivity contribution >= 4 is 16.1 Å². The van der Waals surface area contributed by atoms with E-state index in [2.05, 4.69) is 0 Å². The molecule has 0 bridgehead atoms. The van der Waals surface area contributed by atoms with Gasteiger partial charge in [-0.15, -0.1) is 0 Å². The molecule has 2 aliphatic rings. The van der Waals surface area contributed by atoms with Gasteiger partial charge in [-0.3, -0.25) is 4.79 Å². The molecule has 2 heterocycles. The lowest BCUT2D eigenvalue weighted by molar-refractivity contribution is 0.0693. The molecule has 0 unspecified atom stereocenters. The lowest BCUT2D eigenvalue weighted by atomic mass is 10.1.